The highest BCUT2D eigenvalue weighted by Crippen LogP contribution is 2.74. The van der Waals surface area contributed by atoms with Crippen molar-refractivity contribution < 1.29 is 14.3 Å². The molecule has 0 saturated heterocycles. The molecule has 3 saturated carbocycles. The largest absolute Gasteiger partial charge is 0.481 e. The zero-order chi connectivity index (χ0) is 31.8. The van der Waals surface area contributed by atoms with Gasteiger partial charge in [-0.25, -0.2) is 0 Å². The van der Waals surface area contributed by atoms with Gasteiger partial charge in [-0.05, 0) is 127 Å². The van der Waals surface area contributed by atoms with Crippen molar-refractivity contribution in [2.75, 3.05) is 0 Å². The third-order valence-corrected chi connectivity index (χ3v) is 19.9. The van der Waals surface area contributed by atoms with Gasteiger partial charge in [-0.2, -0.15) is 0 Å². The van der Waals surface area contributed by atoms with E-state index in [4.69, 9.17) is 4.43 Å². The number of hydrogen-bond donors (Lipinski definition) is 1. The first-order chi connectivity index (χ1) is 19.0. The van der Waals surface area contributed by atoms with Gasteiger partial charge in [0.1, 0.15) is 0 Å². The number of fused-ring (bicyclic) bond motifs is 5. The average molecular weight is 601 g/mol. The van der Waals surface area contributed by atoms with Crippen LogP contribution in [0, 0.1) is 44.3 Å². The molecule has 3 unspecified atom stereocenters. The van der Waals surface area contributed by atoms with Gasteiger partial charge in [-0.3, -0.25) is 4.79 Å². The van der Waals surface area contributed by atoms with Crippen LogP contribution in [-0.4, -0.2) is 25.5 Å². The molecule has 4 rings (SSSR count). The van der Waals surface area contributed by atoms with Crippen LogP contribution in [0.15, 0.2) is 11.6 Å². The molecule has 0 spiro atoms. The Morgan fingerprint density at radius 1 is 0.976 bits per heavy atom. The van der Waals surface area contributed by atoms with E-state index in [2.05, 4.69) is 95.3 Å². The van der Waals surface area contributed by atoms with Gasteiger partial charge in [0, 0.05) is 0 Å². The summed E-state index contributed by atoms with van der Waals surface area (Å²) in [6.07, 6.45) is 16.6. The van der Waals surface area contributed by atoms with Crippen molar-refractivity contribution in [3.63, 3.8) is 0 Å². The van der Waals surface area contributed by atoms with Crippen LogP contribution in [0.4, 0.5) is 0 Å². The predicted molar refractivity (Wildman–Crippen MR) is 180 cm³/mol. The number of rotatable bonds is 8. The van der Waals surface area contributed by atoms with Crippen LogP contribution in [-0.2, 0) is 9.22 Å². The summed E-state index contributed by atoms with van der Waals surface area (Å²) in [6.45, 7) is 32.0. The average Bonchev–Trinajstić information content (AvgIpc) is 2.85. The Morgan fingerprint density at radius 3 is 2.19 bits per heavy atom. The van der Waals surface area contributed by atoms with E-state index in [1.54, 1.807) is 5.57 Å². The molecule has 0 aromatic heterocycles. The molecule has 0 aliphatic heterocycles. The lowest BCUT2D eigenvalue weighted by Crippen LogP contribution is -2.64. The van der Waals surface area contributed by atoms with Crippen molar-refractivity contribution in [3.8, 4) is 0 Å². The Kier molecular flexibility index (Phi) is 8.76. The van der Waals surface area contributed by atoms with E-state index in [0.29, 0.717) is 22.9 Å². The summed E-state index contributed by atoms with van der Waals surface area (Å²) in [4.78, 5) is 11.6. The summed E-state index contributed by atoms with van der Waals surface area (Å²) in [5.74, 6) is 0.788. The molecule has 0 radical (unpaired) electrons. The van der Waals surface area contributed by atoms with Gasteiger partial charge < -0.3 is 9.53 Å². The highest BCUT2D eigenvalue weighted by molar-refractivity contribution is 6.74. The fourth-order valence-corrected chi connectivity index (χ4v) is 12.2. The topological polar surface area (TPSA) is 46.5 Å². The van der Waals surface area contributed by atoms with Crippen molar-refractivity contribution in [1.29, 1.82) is 0 Å². The summed E-state index contributed by atoms with van der Waals surface area (Å²) >= 11 is 0. The molecule has 42 heavy (non-hydrogen) atoms. The lowest BCUT2D eigenvalue weighted by Gasteiger charge is -2.70. The van der Waals surface area contributed by atoms with E-state index in [9.17, 15) is 9.90 Å². The second-order valence-corrected chi connectivity index (χ2v) is 24.1. The summed E-state index contributed by atoms with van der Waals surface area (Å²) in [7, 11) is -1.83. The first-order valence-electron chi connectivity index (χ1n) is 17.6. The maximum atomic E-state index is 11.6. The van der Waals surface area contributed by atoms with Crippen molar-refractivity contribution in [2.45, 2.75) is 177 Å². The zero-order valence-corrected chi connectivity index (χ0v) is 31.1. The third-order valence-electron chi connectivity index (χ3n) is 15.4. The fraction of sp³-hybridized carbons (Fsp3) is 0.921. The third kappa shape index (κ3) is 5.54. The van der Waals surface area contributed by atoms with E-state index in [1.807, 2.05) is 0 Å². The van der Waals surface area contributed by atoms with Crippen LogP contribution < -0.4 is 0 Å². The van der Waals surface area contributed by atoms with Gasteiger partial charge >= 0.3 is 5.97 Å². The first kappa shape index (κ1) is 34.3. The predicted octanol–water partition coefficient (Wildman–Crippen LogP) is 11.4. The van der Waals surface area contributed by atoms with Crippen molar-refractivity contribution in [1.82, 2.24) is 0 Å². The molecule has 242 valence electrons. The van der Waals surface area contributed by atoms with Gasteiger partial charge in [-0.1, -0.05) is 94.2 Å². The summed E-state index contributed by atoms with van der Waals surface area (Å²) in [5.41, 5.74) is 3.09. The molecule has 3 nitrogen and oxygen atoms in total. The molecule has 0 aromatic carbocycles. The molecule has 4 aliphatic rings. The quantitative estimate of drug-likeness (QED) is 0.223. The Labute approximate surface area is 261 Å². The Morgan fingerprint density at radius 2 is 1.62 bits per heavy atom. The van der Waals surface area contributed by atoms with Crippen LogP contribution in [0.25, 0.3) is 0 Å². The Hall–Kier alpha value is -0.613. The van der Waals surface area contributed by atoms with Crippen molar-refractivity contribution in [2.24, 2.45) is 44.3 Å². The lowest BCUT2D eigenvalue weighted by atomic mass is 9.35. The molecule has 1 N–H and O–H groups in total. The van der Waals surface area contributed by atoms with Gasteiger partial charge in [0.05, 0.1) is 12.5 Å². The molecular formula is C38H68O3Si. The maximum Gasteiger partial charge on any atom is 0.303 e. The smallest absolute Gasteiger partial charge is 0.303 e. The Bertz CT molecular complexity index is 1070. The standard InChI is InChI=1S/C38H68O3Si/c1-14-34(7,26-31(39)40)21-22-35(8)23-24-37(10)27(25-35)15-16-29-36(9)19-18-30(41-42(12,13)32(2,3)4)33(5,6)28(36)17-20-38(29,37)11/h15,28-30H,14,16-26H2,1-13H3,(H,39,40)/t28-,29?,30?,34?,35+,36-,37+,38+/m0/s1. The number of allylic oxidation sites excluding steroid dienone is 2. The number of carbonyl (C=O) groups is 1. The summed E-state index contributed by atoms with van der Waals surface area (Å²) < 4.78 is 7.21. The van der Waals surface area contributed by atoms with E-state index >= 15 is 0 Å². The minimum absolute atomic E-state index is 0.0967. The van der Waals surface area contributed by atoms with E-state index in [1.165, 1.54) is 51.4 Å². The lowest BCUT2D eigenvalue weighted by molar-refractivity contribution is -0.196. The molecule has 8 atom stereocenters. The summed E-state index contributed by atoms with van der Waals surface area (Å²) in [6, 6.07) is 0. The monoisotopic (exact) mass is 600 g/mol. The van der Waals surface area contributed by atoms with Crippen LogP contribution in [0.1, 0.15) is 153 Å². The molecule has 0 heterocycles. The number of carboxylic acids is 1. The van der Waals surface area contributed by atoms with Gasteiger partial charge in [0.25, 0.3) is 0 Å². The van der Waals surface area contributed by atoms with Crippen molar-refractivity contribution in [3.05, 3.63) is 11.6 Å². The van der Waals surface area contributed by atoms with Crippen LogP contribution in [0.3, 0.4) is 0 Å². The molecular weight excluding hydrogens is 533 g/mol. The van der Waals surface area contributed by atoms with Crippen molar-refractivity contribution >= 4 is 14.3 Å². The van der Waals surface area contributed by atoms with Crippen LogP contribution in [0.5, 0.6) is 0 Å². The van der Waals surface area contributed by atoms with E-state index in [0.717, 1.165) is 25.2 Å². The maximum absolute atomic E-state index is 11.6. The number of carboxylic acid groups (broad SMARTS) is 1. The van der Waals surface area contributed by atoms with E-state index < -0.39 is 14.3 Å². The van der Waals surface area contributed by atoms with Gasteiger partial charge in [-0.15, -0.1) is 0 Å². The highest BCUT2D eigenvalue weighted by Gasteiger charge is 2.66. The fourth-order valence-electron chi connectivity index (χ4n) is 10.7. The van der Waals surface area contributed by atoms with Crippen LogP contribution in [0.2, 0.25) is 18.1 Å². The van der Waals surface area contributed by atoms with Crippen LogP contribution >= 0.6 is 0 Å². The minimum atomic E-state index is -1.83. The first-order valence-corrected chi connectivity index (χ1v) is 20.5. The van der Waals surface area contributed by atoms with E-state index in [-0.39, 0.29) is 33.1 Å². The molecule has 0 aromatic rings. The zero-order valence-electron chi connectivity index (χ0n) is 30.1. The second kappa shape index (κ2) is 10.7. The Balaban J connectivity index is 1.56. The summed E-state index contributed by atoms with van der Waals surface area (Å²) in [5, 5.41) is 9.77. The molecule has 4 heteroatoms. The SMILES string of the molecule is CCC(C)(CC[C@]1(C)CC[C@]2(C)C(=CCC3[C@@]4(C)CCC(O[Si](C)(C)C(C)(C)C)C(C)(C)[C@@H]4CC[C@]32C)C1)CC(=O)O. The highest BCUT2D eigenvalue weighted by atomic mass is 28.4. The molecule has 0 amide bonds. The normalized spacial score (nSPS) is 41.5. The molecule has 3 fully saturated rings. The van der Waals surface area contributed by atoms with Gasteiger partial charge in [0.15, 0.2) is 8.32 Å². The molecule has 4 aliphatic carbocycles. The second-order valence-electron chi connectivity index (χ2n) is 19.3. The molecule has 0 bridgehead atoms. The van der Waals surface area contributed by atoms with Gasteiger partial charge in [0.2, 0.25) is 0 Å². The number of hydrogen-bond acceptors (Lipinski definition) is 2. The number of aliphatic carboxylic acids is 1. The minimum Gasteiger partial charge on any atom is -0.481 e.